The summed E-state index contributed by atoms with van der Waals surface area (Å²) >= 11 is 7.16. The van der Waals surface area contributed by atoms with Crippen LogP contribution in [0.15, 0.2) is 66.6 Å². The van der Waals surface area contributed by atoms with Crippen molar-refractivity contribution < 1.29 is 8.94 Å². The Balaban J connectivity index is 2.33. The van der Waals surface area contributed by atoms with Crippen molar-refractivity contribution in [3.63, 3.8) is 0 Å². The Kier molecular flexibility index (Phi) is 6.53. The number of aryl methyl sites for hydroxylation is 3. The van der Waals surface area contributed by atoms with Gasteiger partial charge in [0.2, 0.25) is 7.28 Å². The molecule has 0 radical (unpaired) electrons. The minimum absolute atomic E-state index is 0.291. The average Bonchev–Trinajstić information content (AvgIpc) is 3.04. The molecule has 0 aliphatic rings. The highest BCUT2D eigenvalue weighted by molar-refractivity contribution is 9.11. The van der Waals surface area contributed by atoms with Crippen LogP contribution in [0.25, 0.3) is 0 Å². The lowest BCUT2D eigenvalue weighted by atomic mass is 10.1. The standard InChI is InChI=1S/C23H26Br2NO2P/c1-15-7-10-20(16(2)13-15)26-29(23(4,5)6,22-12-8-17(3)27-22)28-21-11-9-18(24)14-19(21)25/h7-14H,1-6H3/t29-/m0/s1. The zero-order chi connectivity index (χ0) is 21.4. The second-order valence-electron chi connectivity index (χ2n) is 8.19. The summed E-state index contributed by atoms with van der Waals surface area (Å²) in [5.74, 6) is 1.60. The Bertz CT molecular complexity index is 1100. The third-order valence-corrected chi connectivity index (χ3v) is 9.39. The van der Waals surface area contributed by atoms with Gasteiger partial charge in [0.15, 0.2) is 5.50 Å². The van der Waals surface area contributed by atoms with Gasteiger partial charge in [-0.05, 0) is 78.7 Å². The minimum Gasteiger partial charge on any atom is -0.457 e. The fourth-order valence-electron chi connectivity index (χ4n) is 3.08. The number of nitrogens with zero attached hydrogens (tertiary/aromatic N) is 1. The van der Waals surface area contributed by atoms with Gasteiger partial charge in [0.05, 0.1) is 10.2 Å². The zero-order valence-electron chi connectivity index (χ0n) is 17.6. The molecule has 0 saturated heterocycles. The number of furan rings is 1. The monoisotopic (exact) mass is 537 g/mol. The molecule has 3 rings (SSSR count). The van der Waals surface area contributed by atoms with E-state index in [4.69, 9.17) is 13.7 Å². The molecule has 0 spiro atoms. The smallest absolute Gasteiger partial charge is 0.207 e. The van der Waals surface area contributed by atoms with Crippen molar-refractivity contribution in [2.45, 2.75) is 46.7 Å². The third kappa shape index (κ3) is 4.73. The van der Waals surface area contributed by atoms with E-state index in [0.29, 0.717) is 0 Å². The molecule has 0 amide bonds. The summed E-state index contributed by atoms with van der Waals surface area (Å²) in [6, 6.07) is 16.2. The molecule has 0 unspecified atom stereocenters. The molecule has 0 N–H and O–H groups in total. The first kappa shape index (κ1) is 22.4. The molecule has 0 bridgehead atoms. The highest BCUT2D eigenvalue weighted by Gasteiger charge is 2.42. The molecule has 1 atom stereocenters. The van der Waals surface area contributed by atoms with Crippen LogP contribution in [0.2, 0.25) is 0 Å². The Labute approximate surface area is 190 Å². The summed E-state index contributed by atoms with van der Waals surface area (Å²) in [7, 11) is -2.63. The van der Waals surface area contributed by atoms with Gasteiger partial charge in [0, 0.05) is 9.63 Å². The lowest BCUT2D eigenvalue weighted by Gasteiger charge is -2.35. The Morgan fingerprint density at radius 1 is 0.931 bits per heavy atom. The van der Waals surface area contributed by atoms with E-state index < -0.39 is 7.28 Å². The zero-order valence-corrected chi connectivity index (χ0v) is 21.7. The van der Waals surface area contributed by atoms with E-state index >= 15 is 0 Å². The van der Waals surface area contributed by atoms with Gasteiger partial charge in [0.25, 0.3) is 0 Å². The summed E-state index contributed by atoms with van der Waals surface area (Å²) in [5.41, 5.74) is 4.06. The fraction of sp³-hybridized carbons (Fsp3) is 0.304. The van der Waals surface area contributed by atoms with Crippen LogP contribution in [0.5, 0.6) is 5.75 Å². The van der Waals surface area contributed by atoms with E-state index in [1.54, 1.807) is 0 Å². The third-order valence-electron chi connectivity index (χ3n) is 4.66. The lowest BCUT2D eigenvalue weighted by Crippen LogP contribution is -2.26. The first-order chi connectivity index (χ1) is 13.5. The quantitative estimate of drug-likeness (QED) is 0.311. The molecular weight excluding hydrogens is 513 g/mol. The first-order valence-electron chi connectivity index (χ1n) is 9.43. The van der Waals surface area contributed by atoms with Crippen LogP contribution >= 0.6 is 39.1 Å². The first-order valence-corrected chi connectivity index (χ1v) is 12.7. The molecule has 1 aromatic heterocycles. The predicted molar refractivity (Wildman–Crippen MR) is 130 cm³/mol. The van der Waals surface area contributed by atoms with Crippen molar-refractivity contribution in [3.8, 4) is 5.75 Å². The summed E-state index contributed by atoms with van der Waals surface area (Å²) in [5, 5.41) is -0.291. The second-order valence-corrected chi connectivity index (χ2v) is 13.3. The van der Waals surface area contributed by atoms with E-state index in [9.17, 15) is 0 Å². The number of hydrogen-bond acceptors (Lipinski definition) is 3. The number of benzene rings is 2. The number of rotatable bonds is 4. The van der Waals surface area contributed by atoms with Gasteiger partial charge in [-0.2, -0.15) is 0 Å². The summed E-state index contributed by atoms with van der Waals surface area (Å²) in [6.07, 6.45) is 0. The Hall–Kier alpha value is -1.29. The van der Waals surface area contributed by atoms with Crippen molar-refractivity contribution in [1.82, 2.24) is 0 Å². The summed E-state index contributed by atoms with van der Waals surface area (Å²) in [4.78, 5) is 0. The minimum atomic E-state index is -2.63. The van der Waals surface area contributed by atoms with Gasteiger partial charge in [-0.25, -0.2) is 4.74 Å². The number of hydrogen-bond donors (Lipinski definition) is 0. The van der Waals surface area contributed by atoms with Gasteiger partial charge in [0.1, 0.15) is 11.5 Å². The normalized spacial score (nSPS) is 13.8. The van der Waals surface area contributed by atoms with E-state index in [1.165, 1.54) is 5.56 Å². The van der Waals surface area contributed by atoms with Crippen molar-refractivity contribution in [2.75, 3.05) is 0 Å². The maximum Gasteiger partial charge on any atom is 0.207 e. The molecule has 0 aliphatic heterocycles. The Morgan fingerprint density at radius 2 is 1.66 bits per heavy atom. The van der Waals surface area contributed by atoms with E-state index in [1.807, 2.05) is 37.3 Å². The topological polar surface area (TPSA) is 34.7 Å². The molecule has 0 aliphatic carbocycles. The van der Waals surface area contributed by atoms with E-state index in [-0.39, 0.29) is 5.16 Å². The molecule has 3 nitrogen and oxygen atoms in total. The summed E-state index contributed by atoms with van der Waals surface area (Å²) < 4.78 is 20.1. The van der Waals surface area contributed by atoms with Crippen LogP contribution in [-0.4, -0.2) is 5.16 Å². The maximum atomic E-state index is 6.82. The van der Waals surface area contributed by atoms with Crippen LogP contribution < -0.4 is 10.0 Å². The van der Waals surface area contributed by atoms with E-state index in [0.717, 1.165) is 37.2 Å². The molecule has 29 heavy (non-hydrogen) atoms. The lowest BCUT2D eigenvalue weighted by molar-refractivity contribution is 0.525. The van der Waals surface area contributed by atoms with Crippen LogP contribution in [0.1, 0.15) is 37.7 Å². The van der Waals surface area contributed by atoms with Gasteiger partial charge < -0.3 is 8.94 Å². The van der Waals surface area contributed by atoms with Crippen molar-refractivity contribution in [2.24, 2.45) is 4.74 Å². The Morgan fingerprint density at radius 3 is 2.21 bits per heavy atom. The van der Waals surface area contributed by atoms with Crippen molar-refractivity contribution in [3.05, 3.63) is 74.4 Å². The maximum absolute atomic E-state index is 6.82. The molecule has 2 aromatic carbocycles. The van der Waals surface area contributed by atoms with Crippen LogP contribution in [0.3, 0.4) is 0 Å². The second kappa shape index (κ2) is 8.45. The van der Waals surface area contributed by atoms with Crippen LogP contribution in [-0.2, 0) is 0 Å². The van der Waals surface area contributed by atoms with E-state index in [2.05, 4.69) is 84.7 Å². The SMILES string of the molecule is Cc1ccc(N=[P@](Oc2ccc(Br)cc2Br)(c2ccc(C)o2)C(C)(C)C)c(C)c1. The average molecular weight is 539 g/mol. The van der Waals surface area contributed by atoms with Crippen LogP contribution in [0, 0.1) is 20.8 Å². The largest absolute Gasteiger partial charge is 0.457 e. The highest BCUT2D eigenvalue weighted by atomic mass is 79.9. The molecule has 0 fully saturated rings. The van der Waals surface area contributed by atoms with Crippen LogP contribution in [0.4, 0.5) is 5.69 Å². The molecule has 6 heteroatoms. The highest BCUT2D eigenvalue weighted by Crippen LogP contribution is 2.63. The fourth-order valence-corrected chi connectivity index (χ4v) is 7.31. The predicted octanol–water partition coefficient (Wildman–Crippen LogP) is 8.68. The van der Waals surface area contributed by atoms with Gasteiger partial charge in [-0.3, -0.25) is 0 Å². The van der Waals surface area contributed by atoms with Gasteiger partial charge in [-0.1, -0.05) is 54.4 Å². The molecule has 3 aromatic rings. The van der Waals surface area contributed by atoms with Gasteiger partial charge in [-0.15, -0.1) is 0 Å². The molecule has 1 heterocycles. The van der Waals surface area contributed by atoms with Gasteiger partial charge >= 0.3 is 0 Å². The molecule has 154 valence electrons. The molecular formula is C23H26Br2NO2P. The summed E-state index contributed by atoms with van der Waals surface area (Å²) in [6.45, 7) is 12.6. The van der Waals surface area contributed by atoms with Crippen molar-refractivity contribution >= 4 is 50.3 Å². The molecule has 0 saturated carbocycles. The number of halogens is 2. The van der Waals surface area contributed by atoms with Crippen molar-refractivity contribution in [1.29, 1.82) is 0 Å².